The molecule has 238 valence electrons. The van der Waals surface area contributed by atoms with E-state index < -0.39 is 5.92 Å². The van der Waals surface area contributed by atoms with Crippen LogP contribution >= 0.6 is 0 Å². The van der Waals surface area contributed by atoms with Crippen molar-refractivity contribution in [2.24, 2.45) is 11.7 Å². The molecule has 1 aliphatic carbocycles. The minimum absolute atomic E-state index is 0.0899. The molecule has 2 aliphatic rings. The molecular weight excluding hydrogens is 546 g/mol. The van der Waals surface area contributed by atoms with Gasteiger partial charge in [-0.3, -0.25) is 14.7 Å². The Hall–Kier alpha value is -2.46. The number of carbonyl (C=O) groups is 1. The van der Waals surface area contributed by atoms with Gasteiger partial charge in [0, 0.05) is 57.2 Å². The van der Waals surface area contributed by atoms with E-state index in [4.69, 9.17) is 10.7 Å². The molecule has 0 bridgehead atoms. The number of unbranched alkanes of at least 4 members (excludes halogenated alkanes) is 1. The Balaban J connectivity index is 1.37. The van der Waals surface area contributed by atoms with Crippen LogP contribution in [0.3, 0.4) is 0 Å². The number of hydrogen-bond donors (Lipinski definition) is 3. The Morgan fingerprint density at radius 1 is 1.21 bits per heavy atom. The molecule has 0 spiro atoms. The van der Waals surface area contributed by atoms with E-state index in [1.165, 1.54) is 11.1 Å². The lowest BCUT2D eigenvalue weighted by Gasteiger charge is -2.32. The van der Waals surface area contributed by atoms with E-state index in [0.29, 0.717) is 12.6 Å². The van der Waals surface area contributed by atoms with Gasteiger partial charge < -0.3 is 21.3 Å². The first-order chi connectivity index (χ1) is 20.7. The van der Waals surface area contributed by atoms with Gasteiger partial charge >= 0.3 is 0 Å². The summed E-state index contributed by atoms with van der Waals surface area (Å²) >= 11 is 0. The summed E-state index contributed by atoms with van der Waals surface area (Å²) in [7, 11) is 0. The molecule has 4 N–H and O–H groups in total. The molecule has 7 nitrogen and oxygen atoms in total. The molecule has 2 atom stereocenters. The first-order valence-electron chi connectivity index (χ1n) is 16.3. The van der Waals surface area contributed by atoms with Crippen LogP contribution in [-0.4, -0.2) is 78.5 Å². The highest BCUT2D eigenvalue weighted by Gasteiger charge is 2.38. The summed E-state index contributed by atoms with van der Waals surface area (Å²) in [5, 5.41) is 7.03. The number of pyridine rings is 1. The second-order valence-electron chi connectivity index (χ2n) is 12.7. The molecule has 0 radical (unpaired) electrons. The van der Waals surface area contributed by atoms with Gasteiger partial charge in [0.1, 0.15) is 0 Å². The number of carbonyl (C=O) groups excluding carboxylic acids is 1. The number of nitrogens with one attached hydrogen (secondary N) is 2. The van der Waals surface area contributed by atoms with Crippen LogP contribution in [0.5, 0.6) is 0 Å². The van der Waals surface area contributed by atoms with E-state index in [2.05, 4.69) is 40.3 Å². The summed E-state index contributed by atoms with van der Waals surface area (Å²) < 4.78 is 27.4. The molecule has 1 aromatic carbocycles. The zero-order valence-electron chi connectivity index (χ0n) is 26.2. The lowest BCUT2D eigenvalue weighted by Crippen LogP contribution is -2.46. The SMILES string of the molecule is Cc1cnc(CN(CCCCN)C[C@H]2CN(CC[C@H](NC(=O)C3CCC(F)(F)CC3)c3ccccc3)CCCN2)c(C)c1. The molecule has 43 heavy (non-hydrogen) atoms. The fourth-order valence-electron chi connectivity index (χ4n) is 6.46. The molecule has 2 fully saturated rings. The number of aryl methyl sites for hydroxylation is 2. The number of halogens is 2. The molecule has 2 aromatic rings. The molecule has 4 rings (SSSR count). The minimum Gasteiger partial charge on any atom is -0.349 e. The van der Waals surface area contributed by atoms with E-state index >= 15 is 0 Å². The third-order valence-corrected chi connectivity index (χ3v) is 9.01. The largest absolute Gasteiger partial charge is 0.349 e. The number of aromatic nitrogens is 1. The van der Waals surface area contributed by atoms with E-state index in [1.807, 2.05) is 36.5 Å². The number of alkyl halides is 2. The van der Waals surface area contributed by atoms with Gasteiger partial charge in [-0.2, -0.15) is 0 Å². The average Bonchev–Trinajstić information content (AvgIpc) is 3.22. The van der Waals surface area contributed by atoms with Crippen LogP contribution in [0.15, 0.2) is 42.6 Å². The summed E-state index contributed by atoms with van der Waals surface area (Å²) in [6.45, 7) is 11.4. The van der Waals surface area contributed by atoms with Crippen LogP contribution in [0.1, 0.15) is 79.8 Å². The predicted octanol–water partition coefficient (Wildman–Crippen LogP) is 4.98. The van der Waals surface area contributed by atoms with Gasteiger partial charge in [-0.05, 0) is 95.2 Å². The highest BCUT2D eigenvalue weighted by molar-refractivity contribution is 5.79. The maximum atomic E-state index is 13.7. The van der Waals surface area contributed by atoms with Crippen molar-refractivity contribution >= 4 is 5.91 Å². The Kier molecular flexibility index (Phi) is 12.9. The summed E-state index contributed by atoms with van der Waals surface area (Å²) in [5.74, 6) is -3.06. The molecule has 1 saturated heterocycles. The van der Waals surface area contributed by atoms with Crippen molar-refractivity contribution in [3.63, 3.8) is 0 Å². The highest BCUT2D eigenvalue weighted by Crippen LogP contribution is 2.36. The smallest absolute Gasteiger partial charge is 0.248 e. The summed E-state index contributed by atoms with van der Waals surface area (Å²) in [5.41, 5.74) is 10.4. The van der Waals surface area contributed by atoms with Crippen molar-refractivity contribution in [3.05, 3.63) is 65.0 Å². The summed E-state index contributed by atoms with van der Waals surface area (Å²) in [4.78, 5) is 23.0. The van der Waals surface area contributed by atoms with Crippen LogP contribution in [0.2, 0.25) is 0 Å². The predicted molar refractivity (Wildman–Crippen MR) is 169 cm³/mol. The fraction of sp³-hybridized carbons (Fsp3) is 0.647. The second-order valence-corrected chi connectivity index (χ2v) is 12.7. The molecule has 9 heteroatoms. The maximum absolute atomic E-state index is 13.7. The molecule has 1 amide bonds. The lowest BCUT2D eigenvalue weighted by atomic mass is 9.86. The minimum atomic E-state index is -2.64. The highest BCUT2D eigenvalue weighted by atomic mass is 19.3. The maximum Gasteiger partial charge on any atom is 0.248 e. The van der Waals surface area contributed by atoms with E-state index in [0.717, 1.165) is 82.8 Å². The first kappa shape index (κ1) is 33.4. The van der Waals surface area contributed by atoms with Crippen LogP contribution in [0, 0.1) is 19.8 Å². The summed E-state index contributed by atoms with van der Waals surface area (Å²) in [6, 6.07) is 12.4. The van der Waals surface area contributed by atoms with Gasteiger partial charge in [0.05, 0.1) is 11.7 Å². The number of benzene rings is 1. The molecular formula is C34H52F2N6O. The first-order valence-corrected chi connectivity index (χ1v) is 16.3. The Morgan fingerprint density at radius 2 is 1.98 bits per heavy atom. The van der Waals surface area contributed by atoms with Crippen molar-refractivity contribution in [1.82, 2.24) is 25.4 Å². The third kappa shape index (κ3) is 10.9. The number of nitrogens with zero attached hydrogens (tertiary/aromatic N) is 3. The average molecular weight is 599 g/mol. The van der Waals surface area contributed by atoms with Gasteiger partial charge in [-0.15, -0.1) is 0 Å². The van der Waals surface area contributed by atoms with Gasteiger partial charge in [0.25, 0.3) is 0 Å². The van der Waals surface area contributed by atoms with Crippen molar-refractivity contribution in [2.45, 2.75) is 89.8 Å². The van der Waals surface area contributed by atoms with Gasteiger partial charge in [0.2, 0.25) is 11.8 Å². The molecule has 1 aromatic heterocycles. The van der Waals surface area contributed by atoms with Gasteiger partial charge in [0.15, 0.2) is 0 Å². The quantitative estimate of drug-likeness (QED) is 0.266. The zero-order chi connectivity index (χ0) is 30.7. The number of rotatable bonds is 14. The second kappa shape index (κ2) is 16.6. The lowest BCUT2D eigenvalue weighted by molar-refractivity contribution is -0.130. The Labute approximate surface area is 257 Å². The Bertz CT molecular complexity index is 1120. The van der Waals surface area contributed by atoms with Crippen molar-refractivity contribution < 1.29 is 13.6 Å². The monoisotopic (exact) mass is 598 g/mol. The zero-order valence-corrected chi connectivity index (χ0v) is 26.2. The van der Waals surface area contributed by atoms with Gasteiger partial charge in [-0.25, -0.2) is 8.78 Å². The van der Waals surface area contributed by atoms with Gasteiger partial charge in [-0.1, -0.05) is 36.4 Å². The van der Waals surface area contributed by atoms with Crippen molar-refractivity contribution in [2.75, 3.05) is 45.8 Å². The number of amides is 1. The topological polar surface area (TPSA) is 86.5 Å². The van der Waals surface area contributed by atoms with Crippen LogP contribution < -0.4 is 16.4 Å². The van der Waals surface area contributed by atoms with Crippen molar-refractivity contribution in [3.8, 4) is 0 Å². The number of nitrogens with two attached hydrogens (primary N) is 1. The summed E-state index contributed by atoms with van der Waals surface area (Å²) in [6.07, 6.45) is 5.97. The van der Waals surface area contributed by atoms with Crippen molar-refractivity contribution in [1.29, 1.82) is 0 Å². The fourth-order valence-corrected chi connectivity index (χ4v) is 6.46. The van der Waals surface area contributed by atoms with Crippen LogP contribution in [-0.2, 0) is 11.3 Å². The molecule has 1 aliphatic heterocycles. The van der Waals surface area contributed by atoms with Crippen LogP contribution in [0.4, 0.5) is 8.78 Å². The molecule has 1 saturated carbocycles. The van der Waals surface area contributed by atoms with E-state index in [1.54, 1.807) is 0 Å². The normalized spacial score (nSPS) is 20.6. The van der Waals surface area contributed by atoms with E-state index in [9.17, 15) is 13.6 Å². The molecule has 0 unspecified atom stereocenters. The van der Waals surface area contributed by atoms with E-state index in [-0.39, 0.29) is 43.6 Å². The number of hydrogen-bond acceptors (Lipinski definition) is 6. The third-order valence-electron chi connectivity index (χ3n) is 9.01. The molecule has 2 heterocycles. The Morgan fingerprint density at radius 3 is 2.70 bits per heavy atom. The van der Waals surface area contributed by atoms with Crippen LogP contribution in [0.25, 0.3) is 0 Å². The standard InChI is InChI=1S/C34H52F2N6O/c1-26-21-27(2)32(39-22-26)25-42(18-7-6-16-37)24-30-23-41(19-8-17-38-30)20-13-31(28-9-4-3-5-10-28)40-33(43)29-11-14-34(35,36)15-12-29/h3-5,9-10,21-22,29-31,38H,6-8,11-20,23-25,37H2,1-2H3,(H,40,43)/t30-,31+/m1/s1.